The van der Waals surface area contributed by atoms with Gasteiger partial charge in [-0.25, -0.2) is 9.78 Å². The topological polar surface area (TPSA) is 377 Å². The summed E-state index contributed by atoms with van der Waals surface area (Å²) in [4.78, 5) is 130. The number of aliphatic carboxylic acids is 1. The Kier molecular flexibility index (Phi) is 23.9. The molecule has 12 atom stereocenters. The third-order valence-corrected chi connectivity index (χ3v) is 13.0. The predicted molar refractivity (Wildman–Crippen MR) is 264 cm³/mol. The van der Waals surface area contributed by atoms with E-state index in [4.69, 9.17) is 5.73 Å². The number of nitrogens with one attached hydrogen (secondary N) is 8. The number of aromatic nitrogens is 2. The molecule has 72 heavy (non-hydrogen) atoms. The van der Waals surface area contributed by atoms with Gasteiger partial charge in [-0.15, -0.1) is 0 Å². The standard InChI is InChI=1S/C47H73N11O13S/c1-9-24(4)36(55-41(64)32(20-29-21-49-22-50-29)52-39(62)25(5)51-44(67)37(26(6)59)56-40(63)31(48)16-18-72-8)43(66)57-38(27(7)60)45(68)54-35(23(2)3)46(69)58-17-10-11-34(58)42(65)53-33(47(70)71)19-28-12-14-30(61)15-13-28/h12-15,21-27,31-38,59-61H,9-11,16-20,48H2,1-8H3,(H,49,50)(H,51,67)(H,52,62)(H,53,65)(H,54,68)(H,55,64)(H,56,63)(H,57,66)(H,70,71)/t24-,25-,26+,27+,31-,32-,33-,34-,35-,36-,37-,38-/m0/s1. The average Bonchev–Trinajstić information content (AvgIpc) is 4.05. The van der Waals surface area contributed by atoms with Crippen LogP contribution in [0.2, 0.25) is 0 Å². The summed E-state index contributed by atoms with van der Waals surface area (Å²) in [6.07, 6.45) is 2.64. The Morgan fingerprint density at radius 2 is 1.32 bits per heavy atom. The summed E-state index contributed by atoms with van der Waals surface area (Å²) >= 11 is 1.47. The third-order valence-electron chi connectivity index (χ3n) is 12.3. The number of aromatic amines is 1. The van der Waals surface area contributed by atoms with Crippen molar-refractivity contribution in [2.24, 2.45) is 17.6 Å². The molecule has 0 aliphatic carbocycles. The minimum Gasteiger partial charge on any atom is -0.508 e. The van der Waals surface area contributed by atoms with Gasteiger partial charge in [-0.05, 0) is 81.6 Å². The van der Waals surface area contributed by atoms with Crippen molar-refractivity contribution < 1.29 is 63.6 Å². The van der Waals surface area contributed by atoms with E-state index in [0.29, 0.717) is 36.3 Å². The molecule has 1 fully saturated rings. The van der Waals surface area contributed by atoms with E-state index in [1.165, 1.54) is 74.2 Å². The summed E-state index contributed by atoms with van der Waals surface area (Å²) < 4.78 is 0. The van der Waals surface area contributed by atoms with Gasteiger partial charge in [0.25, 0.3) is 0 Å². The number of H-pyrrole nitrogens is 1. The molecule has 25 heteroatoms. The molecule has 14 N–H and O–H groups in total. The number of carbonyl (C=O) groups excluding carboxylic acids is 8. The number of amides is 8. The molecular weight excluding hydrogens is 959 g/mol. The number of benzene rings is 1. The Labute approximate surface area is 422 Å². The summed E-state index contributed by atoms with van der Waals surface area (Å²) in [5, 5.41) is 58.4. The Balaban J connectivity index is 1.76. The highest BCUT2D eigenvalue weighted by atomic mass is 32.2. The van der Waals surface area contributed by atoms with Crippen LogP contribution in [0.4, 0.5) is 0 Å². The zero-order chi connectivity index (χ0) is 54.0. The van der Waals surface area contributed by atoms with E-state index < -0.39 is 132 Å². The van der Waals surface area contributed by atoms with Crippen molar-refractivity contribution in [3.05, 3.63) is 48.0 Å². The van der Waals surface area contributed by atoms with Crippen molar-refractivity contribution >= 4 is 65.0 Å². The molecule has 0 saturated carbocycles. The van der Waals surface area contributed by atoms with Gasteiger partial charge in [0.15, 0.2) is 0 Å². The second-order valence-corrected chi connectivity index (χ2v) is 19.5. The van der Waals surface area contributed by atoms with Crippen LogP contribution in [0.5, 0.6) is 5.75 Å². The summed E-state index contributed by atoms with van der Waals surface area (Å²) in [7, 11) is 0. The van der Waals surface area contributed by atoms with Crippen molar-refractivity contribution in [3.63, 3.8) is 0 Å². The van der Waals surface area contributed by atoms with Gasteiger partial charge in [0.1, 0.15) is 54.1 Å². The minimum absolute atomic E-state index is 0.0187. The molecule has 8 amide bonds. The number of hydrogen-bond donors (Lipinski definition) is 13. The van der Waals surface area contributed by atoms with Crippen LogP contribution in [0.15, 0.2) is 36.8 Å². The van der Waals surface area contributed by atoms with Crippen molar-refractivity contribution in [3.8, 4) is 5.75 Å². The maximum atomic E-state index is 14.2. The van der Waals surface area contributed by atoms with Crippen molar-refractivity contribution in [2.45, 2.75) is 154 Å². The second-order valence-electron chi connectivity index (χ2n) is 18.5. The SMILES string of the molecule is CC[C@H](C)[C@H](NC(=O)[C@H](Cc1cnc[nH]1)NC(=O)[C@H](C)NC(=O)[C@@H](NC(=O)[C@@H](N)CCSC)[C@@H](C)O)C(=O)N[C@H](C(=O)N[C@H](C(=O)N1CCC[C@H]1C(=O)N[C@@H](Cc1ccc(O)cc1)C(=O)O)C(C)C)[C@@H](C)O. The summed E-state index contributed by atoms with van der Waals surface area (Å²) in [6, 6.07) is -6.07. The molecular formula is C47H73N11O13S. The van der Waals surface area contributed by atoms with E-state index in [1.54, 1.807) is 27.7 Å². The van der Waals surface area contributed by atoms with Crippen LogP contribution in [0, 0.1) is 11.8 Å². The number of carbonyl (C=O) groups is 9. The van der Waals surface area contributed by atoms with Gasteiger partial charge in [-0.2, -0.15) is 11.8 Å². The number of phenols is 1. The molecule has 1 aliphatic rings. The van der Waals surface area contributed by atoms with Crippen molar-refractivity contribution in [1.82, 2.24) is 52.1 Å². The molecule has 2 aromatic rings. The van der Waals surface area contributed by atoms with Crippen LogP contribution in [0.1, 0.15) is 85.4 Å². The average molecular weight is 1030 g/mol. The molecule has 0 radical (unpaired) electrons. The first-order chi connectivity index (χ1) is 33.9. The quantitative estimate of drug-likeness (QED) is 0.0436. The molecule has 3 rings (SSSR count). The number of aromatic hydroxyl groups is 1. The molecule has 400 valence electrons. The van der Waals surface area contributed by atoms with Crippen LogP contribution in [-0.2, 0) is 56.0 Å². The largest absolute Gasteiger partial charge is 0.508 e. The predicted octanol–water partition coefficient (Wildman–Crippen LogP) is -2.07. The van der Waals surface area contributed by atoms with Gasteiger partial charge in [0.05, 0.1) is 24.6 Å². The van der Waals surface area contributed by atoms with Gasteiger partial charge < -0.3 is 73.3 Å². The molecule has 1 aromatic carbocycles. The monoisotopic (exact) mass is 1030 g/mol. The van der Waals surface area contributed by atoms with Gasteiger partial charge in [0.2, 0.25) is 47.3 Å². The fourth-order valence-corrected chi connectivity index (χ4v) is 8.20. The highest BCUT2D eigenvalue weighted by Crippen LogP contribution is 2.22. The Morgan fingerprint density at radius 1 is 0.750 bits per heavy atom. The number of aliphatic hydroxyl groups excluding tert-OH is 2. The lowest BCUT2D eigenvalue weighted by atomic mass is 9.96. The normalized spacial score (nSPS) is 18.1. The highest BCUT2D eigenvalue weighted by Gasteiger charge is 2.42. The molecule has 1 saturated heterocycles. The molecule has 24 nitrogen and oxygen atoms in total. The summed E-state index contributed by atoms with van der Waals surface area (Å²) in [6.45, 7) is 10.6. The van der Waals surface area contributed by atoms with Crippen LogP contribution in [0.25, 0.3) is 0 Å². The maximum absolute atomic E-state index is 14.2. The highest BCUT2D eigenvalue weighted by molar-refractivity contribution is 7.98. The molecule has 0 spiro atoms. The Morgan fingerprint density at radius 3 is 1.86 bits per heavy atom. The molecule has 1 aliphatic heterocycles. The van der Waals surface area contributed by atoms with Gasteiger partial charge in [-0.3, -0.25) is 38.4 Å². The molecule has 0 bridgehead atoms. The number of likely N-dealkylation sites (tertiary alicyclic amines) is 1. The van der Waals surface area contributed by atoms with Crippen molar-refractivity contribution in [1.29, 1.82) is 0 Å². The third kappa shape index (κ3) is 17.8. The van der Waals surface area contributed by atoms with E-state index in [1.807, 2.05) is 6.26 Å². The lowest BCUT2D eigenvalue weighted by Crippen LogP contribution is -2.63. The number of phenolic OH excluding ortho intramolecular Hbond substituents is 1. The number of imidazole rings is 1. The number of aliphatic hydroxyl groups is 2. The van der Waals surface area contributed by atoms with E-state index >= 15 is 0 Å². The van der Waals surface area contributed by atoms with Crippen LogP contribution in [0.3, 0.4) is 0 Å². The molecule has 0 unspecified atom stereocenters. The first-order valence-electron chi connectivity index (χ1n) is 23.9. The summed E-state index contributed by atoms with van der Waals surface area (Å²) in [5.41, 5.74) is 6.87. The van der Waals surface area contributed by atoms with Gasteiger partial charge >= 0.3 is 5.97 Å². The zero-order valence-electron chi connectivity index (χ0n) is 42.0. The van der Waals surface area contributed by atoms with E-state index in [-0.39, 0.29) is 31.6 Å². The lowest BCUT2D eigenvalue weighted by molar-refractivity contribution is -0.145. The van der Waals surface area contributed by atoms with Crippen LogP contribution in [-0.4, -0.2) is 174 Å². The number of nitrogens with two attached hydrogens (primary N) is 1. The number of rotatable bonds is 28. The van der Waals surface area contributed by atoms with Crippen LogP contribution < -0.4 is 43.0 Å². The summed E-state index contributed by atoms with van der Waals surface area (Å²) in [5.74, 6) is -8.45. The maximum Gasteiger partial charge on any atom is 0.326 e. The number of thioether (sulfide) groups is 1. The second kappa shape index (κ2) is 28.7. The first kappa shape index (κ1) is 60.0. The lowest BCUT2D eigenvalue weighted by Gasteiger charge is -2.33. The number of carboxylic acids is 1. The fraction of sp³-hybridized carbons (Fsp3) is 0.617. The first-order valence-corrected chi connectivity index (χ1v) is 25.3. The van der Waals surface area contributed by atoms with E-state index in [0.717, 1.165) is 0 Å². The smallest absolute Gasteiger partial charge is 0.326 e. The van der Waals surface area contributed by atoms with Crippen LogP contribution >= 0.6 is 11.8 Å². The minimum atomic E-state index is -1.67. The number of hydrogen-bond acceptors (Lipinski definition) is 15. The number of carboxylic acid groups (broad SMARTS) is 1. The molecule has 1 aromatic heterocycles. The Hall–Kier alpha value is -6.31. The number of nitrogens with zero attached hydrogens (tertiary/aromatic N) is 2. The Bertz CT molecular complexity index is 2160. The molecule has 2 heterocycles. The van der Waals surface area contributed by atoms with Gasteiger partial charge in [0, 0.05) is 31.3 Å². The van der Waals surface area contributed by atoms with E-state index in [9.17, 15) is 63.6 Å². The fourth-order valence-electron chi connectivity index (χ4n) is 7.71. The van der Waals surface area contributed by atoms with E-state index in [2.05, 4.69) is 47.2 Å². The van der Waals surface area contributed by atoms with Crippen molar-refractivity contribution in [2.75, 3.05) is 18.6 Å². The van der Waals surface area contributed by atoms with Gasteiger partial charge in [-0.1, -0.05) is 46.2 Å². The zero-order valence-corrected chi connectivity index (χ0v) is 42.8.